The van der Waals surface area contributed by atoms with E-state index >= 15 is 0 Å². The summed E-state index contributed by atoms with van der Waals surface area (Å²) in [6.07, 6.45) is 2.61. The number of amides is 1. The van der Waals surface area contributed by atoms with E-state index in [-0.39, 0.29) is 12.2 Å². The van der Waals surface area contributed by atoms with Crippen molar-refractivity contribution >= 4 is 11.9 Å². The Morgan fingerprint density at radius 1 is 1.33 bits per heavy atom. The zero-order valence-electron chi connectivity index (χ0n) is 12.7. The molecule has 0 aliphatic carbocycles. The molecule has 2 rings (SSSR count). The zero-order chi connectivity index (χ0) is 15.5. The van der Waals surface area contributed by atoms with Gasteiger partial charge in [0.2, 0.25) is 5.88 Å². The van der Waals surface area contributed by atoms with Crippen LogP contribution in [0, 0.1) is 0 Å². The maximum absolute atomic E-state index is 11.9. The molecule has 0 aromatic carbocycles. The summed E-state index contributed by atoms with van der Waals surface area (Å²) in [6.45, 7) is 6.81. The second-order valence-corrected chi connectivity index (χ2v) is 6.07. The third-order valence-corrected chi connectivity index (χ3v) is 3.04. The monoisotopic (exact) mass is 294 g/mol. The Morgan fingerprint density at radius 3 is 2.57 bits per heavy atom. The van der Waals surface area contributed by atoms with Crippen LogP contribution >= 0.6 is 0 Å². The van der Waals surface area contributed by atoms with Gasteiger partial charge in [-0.3, -0.25) is 0 Å². The van der Waals surface area contributed by atoms with Gasteiger partial charge in [-0.25, -0.2) is 14.8 Å². The maximum atomic E-state index is 11.9. The number of nitrogen functional groups attached to an aromatic ring is 1. The van der Waals surface area contributed by atoms with Gasteiger partial charge in [0, 0.05) is 32.0 Å². The molecule has 2 N–H and O–H groups in total. The van der Waals surface area contributed by atoms with E-state index in [0.717, 1.165) is 12.8 Å². The van der Waals surface area contributed by atoms with Crippen molar-refractivity contribution in [3.8, 4) is 5.88 Å². The van der Waals surface area contributed by atoms with Crippen LogP contribution in [0.15, 0.2) is 12.4 Å². The van der Waals surface area contributed by atoms with E-state index in [1.165, 1.54) is 6.33 Å². The number of ether oxygens (including phenoxy) is 2. The summed E-state index contributed by atoms with van der Waals surface area (Å²) in [5.74, 6) is 0.851. The van der Waals surface area contributed by atoms with E-state index in [0.29, 0.717) is 24.8 Å². The van der Waals surface area contributed by atoms with Crippen LogP contribution in [0.25, 0.3) is 0 Å². The summed E-state index contributed by atoms with van der Waals surface area (Å²) < 4.78 is 11.1. The molecule has 1 amide bonds. The lowest BCUT2D eigenvalue weighted by molar-refractivity contribution is 0.0123. The van der Waals surface area contributed by atoms with Gasteiger partial charge in [0.05, 0.1) is 0 Å². The molecule has 7 heteroatoms. The molecule has 1 aliphatic heterocycles. The lowest BCUT2D eigenvalue weighted by Crippen LogP contribution is -2.44. The van der Waals surface area contributed by atoms with Crippen molar-refractivity contribution in [1.29, 1.82) is 0 Å². The third-order valence-electron chi connectivity index (χ3n) is 3.04. The predicted octanol–water partition coefficient (Wildman–Crippen LogP) is 1.84. The smallest absolute Gasteiger partial charge is 0.410 e. The van der Waals surface area contributed by atoms with Crippen LogP contribution in [0.1, 0.15) is 33.6 Å². The van der Waals surface area contributed by atoms with Crippen LogP contribution in [0.3, 0.4) is 0 Å². The molecule has 0 unspecified atom stereocenters. The molecule has 1 fully saturated rings. The van der Waals surface area contributed by atoms with Crippen molar-refractivity contribution in [3.63, 3.8) is 0 Å². The predicted molar refractivity (Wildman–Crippen MR) is 77.9 cm³/mol. The number of rotatable bonds is 2. The minimum atomic E-state index is -0.469. The van der Waals surface area contributed by atoms with Gasteiger partial charge in [-0.05, 0) is 20.8 Å². The number of anilines is 1. The van der Waals surface area contributed by atoms with E-state index in [9.17, 15) is 4.79 Å². The molecule has 21 heavy (non-hydrogen) atoms. The normalized spacial score (nSPS) is 16.6. The fourth-order valence-corrected chi connectivity index (χ4v) is 2.07. The number of nitrogens with zero attached hydrogens (tertiary/aromatic N) is 3. The van der Waals surface area contributed by atoms with Gasteiger partial charge >= 0.3 is 6.09 Å². The second-order valence-electron chi connectivity index (χ2n) is 6.07. The molecule has 7 nitrogen and oxygen atoms in total. The van der Waals surface area contributed by atoms with Gasteiger partial charge in [-0.15, -0.1) is 0 Å². The fraction of sp³-hybridized carbons (Fsp3) is 0.643. The lowest BCUT2D eigenvalue weighted by Gasteiger charge is -2.33. The summed E-state index contributed by atoms with van der Waals surface area (Å²) in [5.41, 5.74) is 5.11. The van der Waals surface area contributed by atoms with E-state index in [2.05, 4.69) is 9.97 Å². The van der Waals surface area contributed by atoms with Crippen LogP contribution < -0.4 is 10.5 Å². The first-order valence-electron chi connectivity index (χ1n) is 7.05. The molecule has 0 radical (unpaired) electrons. The minimum Gasteiger partial charge on any atom is -0.474 e. The molecule has 0 saturated carbocycles. The highest BCUT2D eigenvalue weighted by atomic mass is 16.6. The van der Waals surface area contributed by atoms with Crippen LogP contribution in [-0.2, 0) is 4.74 Å². The standard InChI is InChI=1S/C14H22N4O3/c1-14(2,3)21-13(19)18-6-4-10(5-7-18)20-12-8-11(15)16-9-17-12/h8-10H,4-7H2,1-3H3,(H2,15,16,17). The van der Waals surface area contributed by atoms with E-state index in [4.69, 9.17) is 15.2 Å². The van der Waals surface area contributed by atoms with Gasteiger partial charge in [0.15, 0.2) is 0 Å². The molecule has 1 aromatic rings. The van der Waals surface area contributed by atoms with E-state index < -0.39 is 5.60 Å². The first-order valence-corrected chi connectivity index (χ1v) is 7.05. The van der Waals surface area contributed by atoms with Crippen LogP contribution in [0.4, 0.5) is 10.6 Å². The lowest BCUT2D eigenvalue weighted by atomic mass is 10.1. The van der Waals surface area contributed by atoms with Crippen molar-refractivity contribution in [1.82, 2.24) is 14.9 Å². The topological polar surface area (TPSA) is 90.6 Å². The number of likely N-dealkylation sites (tertiary alicyclic amines) is 1. The summed E-state index contributed by atoms with van der Waals surface area (Å²) >= 11 is 0. The van der Waals surface area contributed by atoms with Gasteiger partial charge in [0.25, 0.3) is 0 Å². The Bertz CT molecular complexity index is 493. The van der Waals surface area contributed by atoms with Crippen LogP contribution in [0.5, 0.6) is 5.88 Å². The minimum absolute atomic E-state index is 0.0259. The summed E-state index contributed by atoms with van der Waals surface area (Å²) in [7, 11) is 0. The van der Waals surface area contributed by atoms with Crippen molar-refractivity contribution in [3.05, 3.63) is 12.4 Å². The van der Waals surface area contributed by atoms with Gasteiger partial charge < -0.3 is 20.1 Å². The summed E-state index contributed by atoms with van der Waals surface area (Å²) in [4.78, 5) is 21.5. The SMILES string of the molecule is CC(C)(C)OC(=O)N1CCC(Oc2cc(N)ncn2)CC1. The molecule has 1 saturated heterocycles. The molecule has 0 bridgehead atoms. The summed E-state index contributed by atoms with van der Waals surface area (Å²) in [6, 6.07) is 1.60. The molecule has 116 valence electrons. The average Bonchev–Trinajstić information content (AvgIpc) is 2.37. The van der Waals surface area contributed by atoms with Gasteiger partial charge in [0.1, 0.15) is 23.9 Å². The molecule has 2 heterocycles. The number of hydrogen-bond acceptors (Lipinski definition) is 6. The molecular weight excluding hydrogens is 272 g/mol. The maximum Gasteiger partial charge on any atom is 0.410 e. The largest absolute Gasteiger partial charge is 0.474 e. The van der Waals surface area contributed by atoms with Crippen LogP contribution in [0.2, 0.25) is 0 Å². The van der Waals surface area contributed by atoms with Crippen LogP contribution in [-0.4, -0.2) is 45.8 Å². The Morgan fingerprint density at radius 2 is 2.00 bits per heavy atom. The highest BCUT2D eigenvalue weighted by molar-refractivity contribution is 5.68. The number of aromatic nitrogens is 2. The molecule has 1 aromatic heterocycles. The molecule has 0 atom stereocenters. The van der Waals surface area contributed by atoms with E-state index in [1.54, 1.807) is 11.0 Å². The average molecular weight is 294 g/mol. The molecule has 1 aliphatic rings. The highest BCUT2D eigenvalue weighted by Crippen LogP contribution is 2.19. The molecular formula is C14H22N4O3. The third kappa shape index (κ3) is 4.77. The van der Waals surface area contributed by atoms with Crippen molar-refractivity contribution in [2.75, 3.05) is 18.8 Å². The first-order chi connectivity index (χ1) is 9.83. The van der Waals surface area contributed by atoms with Gasteiger partial charge in [-0.1, -0.05) is 0 Å². The Labute approximate surface area is 124 Å². The van der Waals surface area contributed by atoms with Crippen molar-refractivity contribution in [2.24, 2.45) is 0 Å². The number of nitrogens with two attached hydrogens (primary N) is 1. The quantitative estimate of drug-likeness (QED) is 0.895. The Kier molecular flexibility index (Phi) is 4.50. The van der Waals surface area contributed by atoms with Gasteiger partial charge in [-0.2, -0.15) is 0 Å². The second kappa shape index (κ2) is 6.15. The number of carbonyl (C=O) groups excluding carboxylic acids is 1. The summed E-state index contributed by atoms with van der Waals surface area (Å²) in [5, 5.41) is 0. The molecule has 0 spiro atoms. The van der Waals surface area contributed by atoms with Crippen molar-refractivity contribution in [2.45, 2.75) is 45.3 Å². The Hall–Kier alpha value is -2.05. The first kappa shape index (κ1) is 15.3. The number of carbonyl (C=O) groups is 1. The van der Waals surface area contributed by atoms with E-state index in [1.807, 2.05) is 20.8 Å². The highest BCUT2D eigenvalue weighted by Gasteiger charge is 2.27. The fourth-order valence-electron chi connectivity index (χ4n) is 2.07. The van der Waals surface area contributed by atoms with Crippen molar-refractivity contribution < 1.29 is 14.3 Å². The zero-order valence-corrected chi connectivity index (χ0v) is 12.7. The Balaban J connectivity index is 1.82. The number of piperidine rings is 1. The number of hydrogen-bond donors (Lipinski definition) is 1.